The fourth-order valence-electron chi connectivity index (χ4n) is 1.98. The van der Waals surface area contributed by atoms with Crippen LogP contribution >= 0.6 is 11.3 Å². The Kier molecular flexibility index (Phi) is 3.62. The van der Waals surface area contributed by atoms with Crippen molar-refractivity contribution in [3.8, 4) is 11.4 Å². The van der Waals surface area contributed by atoms with Gasteiger partial charge in [0.1, 0.15) is 5.82 Å². The lowest BCUT2D eigenvalue weighted by atomic mass is 10.3. The van der Waals surface area contributed by atoms with Crippen molar-refractivity contribution in [1.29, 1.82) is 0 Å². The summed E-state index contributed by atoms with van der Waals surface area (Å²) in [7, 11) is 0. The van der Waals surface area contributed by atoms with Crippen molar-refractivity contribution in [2.45, 2.75) is 20.0 Å². The van der Waals surface area contributed by atoms with E-state index >= 15 is 0 Å². The number of H-pyrrole nitrogens is 1. The van der Waals surface area contributed by atoms with E-state index in [9.17, 15) is 4.79 Å². The van der Waals surface area contributed by atoms with Crippen molar-refractivity contribution in [2.24, 2.45) is 0 Å². The van der Waals surface area contributed by atoms with Crippen LogP contribution in [0.2, 0.25) is 0 Å². The summed E-state index contributed by atoms with van der Waals surface area (Å²) in [6, 6.07) is 7.54. The third kappa shape index (κ3) is 3.05. The second-order valence-electron chi connectivity index (χ2n) is 4.91. The Hall–Kier alpha value is -2.34. The Morgan fingerprint density at radius 3 is 2.95 bits per heavy atom. The van der Waals surface area contributed by atoms with Gasteiger partial charge in [0.15, 0.2) is 0 Å². The molecule has 0 spiro atoms. The second kappa shape index (κ2) is 5.57. The van der Waals surface area contributed by atoms with Gasteiger partial charge in [-0.05, 0) is 43.5 Å². The van der Waals surface area contributed by atoms with E-state index in [2.05, 4.69) is 15.3 Å². The first-order valence-corrected chi connectivity index (χ1v) is 7.56. The van der Waals surface area contributed by atoms with E-state index in [1.807, 2.05) is 48.9 Å². The monoisotopic (exact) mass is 301 g/mol. The van der Waals surface area contributed by atoms with Crippen LogP contribution in [0.15, 0.2) is 35.0 Å². The van der Waals surface area contributed by atoms with Crippen molar-refractivity contribution in [3.63, 3.8) is 0 Å². The number of hydrogen-bond acceptors (Lipinski definition) is 4. The lowest BCUT2D eigenvalue weighted by molar-refractivity contribution is 0.130. The van der Waals surface area contributed by atoms with Crippen LogP contribution in [0.25, 0.3) is 22.4 Å². The van der Waals surface area contributed by atoms with Crippen LogP contribution in [-0.4, -0.2) is 22.2 Å². The van der Waals surface area contributed by atoms with Crippen LogP contribution in [0, 0.1) is 0 Å². The van der Waals surface area contributed by atoms with E-state index in [1.165, 1.54) is 0 Å². The van der Waals surface area contributed by atoms with E-state index < -0.39 is 6.09 Å². The van der Waals surface area contributed by atoms with Gasteiger partial charge in [-0.25, -0.2) is 9.78 Å². The standard InChI is InChI=1S/C15H15N3O2S/c1-9(2)20-15(19)16-11-3-4-12-13(7-11)18-14(17-12)10-5-6-21-8-10/h3-9H,1-2H3,(H,16,19)(H,17,18). The smallest absolute Gasteiger partial charge is 0.411 e. The number of amides is 1. The van der Waals surface area contributed by atoms with Crippen LogP contribution in [0.3, 0.4) is 0 Å². The summed E-state index contributed by atoms with van der Waals surface area (Å²) in [4.78, 5) is 19.4. The summed E-state index contributed by atoms with van der Waals surface area (Å²) >= 11 is 1.63. The van der Waals surface area contributed by atoms with Gasteiger partial charge in [0.2, 0.25) is 0 Å². The molecule has 108 valence electrons. The summed E-state index contributed by atoms with van der Waals surface area (Å²) in [6.07, 6.45) is -0.604. The summed E-state index contributed by atoms with van der Waals surface area (Å²) in [6.45, 7) is 3.62. The molecule has 0 aliphatic carbocycles. The number of fused-ring (bicyclic) bond motifs is 1. The third-order valence-electron chi connectivity index (χ3n) is 2.87. The molecule has 0 saturated carbocycles. The highest BCUT2D eigenvalue weighted by Crippen LogP contribution is 2.24. The normalized spacial score (nSPS) is 11.0. The molecule has 2 N–H and O–H groups in total. The lowest BCUT2D eigenvalue weighted by Gasteiger charge is -2.09. The van der Waals surface area contributed by atoms with Gasteiger partial charge in [0.25, 0.3) is 0 Å². The molecule has 0 aliphatic rings. The van der Waals surface area contributed by atoms with Crippen molar-refractivity contribution in [1.82, 2.24) is 9.97 Å². The van der Waals surface area contributed by atoms with Crippen molar-refractivity contribution in [2.75, 3.05) is 5.32 Å². The molecule has 0 fully saturated rings. The van der Waals surface area contributed by atoms with Crippen LogP contribution in [0.1, 0.15) is 13.8 Å². The first-order chi connectivity index (χ1) is 10.1. The second-order valence-corrected chi connectivity index (χ2v) is 5.69. The number of rotatable bonds is 3. The number of thiophene rings is 1. The van der Waals surface area contributed by atoms with E-state index in [0.717, 1.165) is 22.4 Å². The minimum atomic E-state index is -0.457. The van der Waals surface area contributed by atoms with E-state index in [1.54, 1.807) is 11.3 Å². The van der Waals surface area contributed by atoms with Crippen LogP contribution < -0.4 is 5.32 Å². The molecule has 5 nitrogen and oxygen atoms in total. The maximum atomic E-state index is 11.6. The SMILES string of the molecule is CC(C)OC(=O)Nc1ccc2nc(-c3ccsc3)[nH]c2c1. The van der Waals surface area contributed by atoms with Crippen LogP contribution in [-0.2, 0) is 4.74 Å². The number of imidazole rings is 1. The number of benzene rings is 1. The van der Waals surface area contributed by atoms with Gasteiger partial charge >= 0.3 is 6.09 Å². The number of hydrogen-bond donors (Lipinski definition) is 2. The number of ether oxygens (including phenoxy) is 1. The minimum absolute atomic E-state index is 0.147. The molecule has 0 unspecified atom stereocenters. The van der Waals surface area contributed by atoms with Gasteiger partial charge < -0.3 is 9.72 Å². The van der Waals surface area contributed by atoms with E-state index in [4.69, 9.17) is 4.74 Å². The van der Waals surface area contributed by atoms with Gasteiger partial charge in [-0.2, -0.15) is 11.3 Å². The number of nitrogens with one attached hydrogen (secondary N) is 2. The zero-order chi connectivity index (χ0) is 14.8. The maximum absolute atomic E-state index is 11.6. The molecule has 1 aromatic carbocycles. The highest BCUT2D eigenvalue weighted by atomic mass is 32.1. The van der Waals surface area contributed by atoms with E-state index in [-0.39, 0.29) is 6.10 Å². The number of aromatic nitrogens is 2. The molecule has 0 radical (unpaired) electrons. The quantitative estimate of drug-likeness (QED) is 0.760. The molecule has 0 atom stereocenters. The zero-order valence-electron chi connectivity index (χ0n) is 11.7. The molecule has 0 bridgehead atoms. The Morgan fingerprint density at radius 1 is 1.38 bits per heavy atom. The van der Waals surface area contributed by atoms with Crippen LogP contribution in [0.4, 0.5) is 10.5 Å². The lowest BCUT2D eigenvalue weighted by Crippen LogP contribution is -2.17. The number of anilines is 1. The highest BCUT2D eigenvalue weighted by Gasteiger charge is 2.09. The third-order valence-corrected chi connectivity index (χ3v) is 3.55. The summed E-state index contributed by atoms with van der Waals surface area (Å²) in [5, 5.41) is 6.75. The molecule has 3 rings (SSSR count). The van der Waals surface area contributed by atoms with Crippen molar-refractivity contribution in [3.05, 3.63) is 35.0 Å². The molecule has 6 heteroatoms. The number of carbonyl (C=O) groups excluding carboxylic acids is 1. The van der Waals surface area contributed by atoms with E-state index in [0.29, 0.717) is 5.69 Å². The molecule has 0 aliphatic heterocycles. The molecular formula is C15H15N3O2S. The highest BCUT2D eigenvalue weighted by molar-refractivity contribution is 7.08. The zero-order valence-corrected chi connectivity index (χ0v) is 12.5. The fraction of sp³-hybridized carbons (Fsp3) is 0.200. The predicted molar refractivity (Wildman–Crippen MR) is 84.6 cm³/mol. The molecule has 1 amide bonds. The van der Waals surface area contributed by atoms with Gasteiger partial charge in [-0.3, -0.25) is 5.32 Å². The first kappa shape index (κ1) is 13.6. The van der Waals surface area contributed by atoms with Gasteiger partial charge in [0.05, 0.1) is 17.1 Å². The Bertz CT molecular complexity index is 762. The first-order valence-electron chi connectivity index (χ1n) is 6.62. The minimum Gasteiger partial charge on any atom is -0.447 e. The predicted octanol–water partition coefficient (Wildman–Crippen LogP) is 4.25. The molecule has 0 saturated heterocycles. The molecule has 2 aromatic heterocycles. The van der Waals surface area contributed by atoms with Gasteiger partial charge in [-0.15, -0.1) is 0 Å². The van der Waals surface area contributed by atoms with Gasteiger partial charge in [-0.1, -0.05) is 0 Å². The summed E-state index contributed by atoms with van der Waals surface area (Å²) in [5.41, 5.74) is 3.47. The Labute approximate surface area is 126 Å². The fourth-order valence-corrected chi connectivity index (χ4v) is 2.63. The average molecular weight is 301 g/mol. The topological polar surface area (TPSA) is 67.0 Å². The van der Waals surface area contributed by atoms with Gasteiger partial charge in [0, 0.05) is 16.6 Å². The molecular weight excluding hydrogens is 286 g/mol. The average Bonchev–Trinajstić information content (AvgIpc) is 3.05. The van der Waals surface area contributed by atoms with Crippen molar-refractivity contribution < 1.29 is 9.53 Å². The number of nitrogens with zero attached hydrogens (tertiary/aromatic N) is 1. The number of carbonyl (C=O) groups is 1. The van der Waals surface area contributed by atoms with Crippen molar-refractivity contribution >= 4 is 34.2 Å². The molecule has 2 heterocycles. The Balaban J connectivity index is 1.85. The van der Waals surface area contributed by atoms with Crippen LogP contribution in [0.5, 0.6) is 0 Å². The summed E-state index contributed by atoms with van der Waals surface area (Å²) in [5.74, 6) is 0.827. The molecule has 3 aromatic rings. The Morgan fingerprint density at radius 2 is 2.24 bits per heavy atom. The summed E-state index contributed by atoms with van der Waals surface area (Å²) < 4.78 is 5.06. The maximum Gasteiger partial charge on any atom is 0.411 e. The largest absolute Gasteiger partial charge is 0.447 e. The molecule has 21 heavy (non-hydrogen) atoms. The number of aromatic amines is 1.